The average Bonchev–Trinajstić information content (AvgIpc) is 2.72. The Morgan fingerprint density at radius 2 is 1.84 bits per heavy atom. The Kier molecular flexibility index (Phi) is 7.73. The third-order valence-electron chi connectivity index (χ3n) is 4.19. The molecule has 2 aromatic carbocycles. The number of nitro groups is 1. The van der Waals surface area contributed by atoms with E-state index in [1.165, 1.54) is 7.05 Å². The Hall–Kier alpha value is -3.70. The molecule has 0 bridgehead atoms. The number of alkyl halides is 3. The zero-order valence-electron chi connectivity index (χ0n) is 16.9. The van der Waals surface area contributed by atoms with Crippen molar-refractivity contribution in [3.8, 4) is 11.5 Å². The van der Waals surface area contributed by atoms with Crippen LogP contribution in [0.3, 0.4) is 0 Å². The molecule has 0 fully saturated rings. The van der Waals surface area contributed by atoms with Crippen LogP contribution in [0.2, 0.25) is 0 Å². The topological polar surface area (TPSA) is 99.0 Å². The molecule has 0 atom stereocenters. The van der Waals surface area contributed by atoms with E-state index in [0.717, 1.165) is 29.2 Å². The Morgan fingerprint density at radius 3 is 2.41 bits per heavy atom. The molecule has 0 aliphatic carbocycles. The summed E-state index contributed by atoms with van der Waals surface area (Å²) >= 11 is 0. The maximum absolute atomic E-state index is 14.0. The SMILES string of the molecule is CCOC(=O)CCN(C)C(=O)c1cc(Oc2ccc(C(F)(F)F)cc2F)ccc1[N+](=O)[O-]. The number of benzene rings is 2. The lowest BCUT2D eigenvalue weighted by Gasteiger charge is -2.17. The number of amides is 1. The van der Waals surface area contributed by atoms with E-state index < -0.39 is 51.4 Å². The number of rotatable bonds is 8. The predicted octanol–water partition coefficient (Wildman–Crippen LogP) is 4.57. The van der Waals surface area contributed by atoms with Crippen molar-refractivity contribution < 1.29 is 41.5 Å². The van der Waals surface area contributed by atoms with Crippen molar-refractivity contribution in [3.05, 3.63) is 63.5 Å². The van der Waals surface area contributed by atoms with Gasteiger partial charge < -0.3 is 14.4 Å². The number of carbonyl (C=O) groups excluding carboxylic acids is 2. The van der Waals surface area contributed by atoms with Crippen LogP contribution in [0.1, 0.15) is 29.3 Å². The number of ether oxygens (including phenoxy) is 2. The van der Waals surface area contributed by atoms with Crippen molar-refractivity contribution in [1.82, 2.24) is 4.90 Å². The maximum Gasteiger partial charge on any atom is 0.416 e. The maximum atomic E-state index is 14.0. The highest BCUT2D eigenvalue weighted by atomic mass is 19.4. The second-order valence-corrected chi connectivity index (χ2v) is 6.46. The summed E-state index contributed by atoms with van der Waals surface area (Å²) in [5, 5.41) is 11.3. The molecule has 8 nitrogen and oxygen atoms in total. The molecule has 2 aromatic rings. The van der Waals surface area contributed by atoms with Gasteiger partial charge in [0.15, 0.2) is 11.6 Å². The van der Waals surface area contributed by atoms with Gasteiger partial charge in [-0.3, -0.25) is 19.7 Å². The van der Waals surface area contributed by atoms with Crippen LogP contribution in [0.4, 0.5) is 23.2 Å². The van der Waals surface area contributed by atoms with Gasteiger partial charge in [-0.25, -0.2) is 4.39 Å². The summed E-state index contributed by atoms with van der Waals surface area (Å²) in [5.74, 6) is -3.47. The van der Waals surface area contributed by atoms with Crippen LogP contribution in [0.25, 0.3) is 0 Å². The lowest BCUT2D eigenvalue weighted by Crippen LogP contribution is -2.30. The molecule has 0 spiro atoms. The minimum Gasteiger partial charge on any atom is -0.466 e. The van der Waals surface area contributed by atoms with Crippen LogP contribution in [0.15, 0.2) is 36.4 Å². The quantitative estimate of drug-likeness (QED) is 0.249. The first kappa shape index (κ1) is 24.6. The van der Waals surface area contributed by atoms with Gasteiger partial charge in [0.05, 0.1) is 23.5 Å². The second-order valence-electron chi connectivity index (χ2n) is 6.46. The van der Waals surface area contributed by atoms with Crippen molar-refractivity contribution in [2.45, 2.75) is 19.5 Å². The molecule has 172 valence electrons. The Balaban J connectivity index is 2.29. The summed E-state index contributed by atoms with van der Waals surface area (Å²) < 4.78 is 62.0. The summed E-state index contributed by atoms with van der Waals surface area (Å²) in [6.07, 6.45) is -4.89. The van der Waals surface area contributed by atoms with E-state index in [2.05, 4.69) is 0 Å². The minimum absolute atomic E-state index is 0.0898. The number of carbonyl (C=O) groups is 2. The molecule has 0 aromatic heterocycles. The molecule has 0 aliphatic heterocycles. The first-order chi connectivity index (χ1) is 14.9. The van der Waals surface area contributed by atoms with E-state index in [4.69, 9.17) is 9.47 Å². The highest BCUT2D eigenvalue weighted by Crippen LogP contribution is 2.34. The molecule has 12 heteroatoms. The van der Waals surface area contributed by atoms with Gasteiger partial charge in [-0.2, -0.15) is 13.2 Å². The second kappa shape index (κ2) is 10.1. The fourth-order valence-electron chi connectivity index (χ4n) is 2.60. The fraction of sp³-hybridized carbons (Fsp3) is 0.300. The zero-order chi connectivity index (χ0) is 24.1. The molecule has 0 saturated heterocycles. The molecule has 0 N–H and O–H groups in total. The lowest BCUT2D eigenvalue weighted by molar-refractivity contribution is -0.385. The number of halogens is 4. The van der Waals surface area contributed by atoms with E-state index in [0.29, 0.717) is 6.07 Å². The van der Waals surface area contributed by atoms with E-state index in [1.54, 1.807) is 6.92 Å². The highest BCUT2D eigenvalue weighted by molar-refractivity contribution is 5.98. The minimum atomic E-state index is -4.75. The van der Waals surface area contributed by atoms with Gasteiger partial charge in [0.25, 0.3) is 11.6 Å². The monoisotopic (exact) mass is 458 g/mol. The van der Waals surface area contributed by atoms with E-state index in [-0.39, 0.29) is 31.4 Å². The van der Waals surface area contributed by atoms with Gasteiger partial charge >= 0.3 is 12.1 Å². The van der Waals surface area contributed by atoms with Crippen LogP contribution >= 0.6 is 0 Å². The Morgan fingerprint density at radius 1 is 1.16 bits per heavy atom. The number of esters is 1. The summed E-state index contributed by atoms with van der Waals surface area (Å²) in [5.41, 5.74) is -2.20. The number of hydrogen-bond acceptors (Lipinski definition) is 6. The number of nitrogens with zero attached hydrogens (tertiary/aromatic N) is 2. The third-order valence-corrected chi connectivity index (χ3v) is 4.19. The molecular formula is C20H18F4N2O6. The van der Waals surface area contributed by atoms with Crippen molar-refractivity contribution in [3.63, 3.8) is 0 Å². The molecule has 2 rings (SSSR count). The average molecular weight is 458 g/mol. The van der Waals surface area contributed by atoms with Crippen molar-refractivity contribution in [2.24, 2.45) is 0 Å². The molecular weight excluding hydrogens is 440 g/mol. The van der Waals surface area contributed by atoms with Crippen LogP contribution in [-0.4, -0.2) is 41.9 Å². The molecule has 0 heterocycles. The molecule has 32 heavy (non-hydrogen) atoms. The van der Waals surface area contributed by atoms with Crippen LogP contribution in [0, 0.1) is 15.9 Å². The third kappa shape index (κ3) is 6.15. The summed E-state index contributed by atoms with van der Waals surface area (Å²) in [6.45, 7) is 1.68. The fourth-order valence-corrected chi connectivity index (χ4v) is 2.60. The normalized spacial score (nSPS) is 11.1. The van der Waals surface area contributed by atoms with Gasteiger partial charge in [-0.05, 0) is 31.2 Å². The molecule has 0 unspecified atom stereocenters. The van der Waals surface area contributed by atoms with Crippen LogP contribution in [0.5, 0.6) is 11.5 Å². The molecule has 0 radical (unpaired) electrons. The van der Waals surface area contributed by atoms with Gasteiger partial charge in [-0.15, -0.1) is 0 Å². The molecule has 0 saturated carbocycles. The van der Waals surface area contributed by atoms with Gasteiger partial charge in [-0.1, -0.05) is 0 Å². The Labute approximate surface area is 179 Å². The van der Waals surface area contributed by atoms with E-state index in [9.17, 15) is 37.3 Å². The number of nitro benzene ring substituents is 1. The van der Waals surface area contributed by atoms with Gasteiger partial charge in [0.2, 0.25) is 0 Å². The van der Waals surface area contributed by atoms with Crippen molar-refractivity contribution in [2.75, 3.05) is 20.2 Å². The lowest BCUT2D eigenvalue weighted by atomic mass is 10.1. The first-order valence-corrected chi connectivity index (χ1v) is 9.18. The van der Waals surface area contributed by atoms with Gasteiger partial charge in [0, 0.05) is 25.7 Å². The Bertz CT molecular complexity index is 1030. The van der Waals surface area contributed by atoms with Crippen molar-refractivity contribution in [1.29, 1.82) is 0 Å². The summed E-state index contributed by atoms with van der Waals surface area (Å²) in [7, 11) is 1.31. The van der Waals surface area contributed by atoms with Gasteiger partial charge in [0.1, 0.15) is 11.3 Å². The predicted molar refractivity (Wildman–Crippen MR) is 103 cm³/mol. The zero-order valence-corrected chi connectivity index (χ0v) is 16.9. The largest absolute Gasteiger partial charge is 0.466 e. The summed E-state index contributed by atoms with van der Waals surface area (Å²) in [4.78, 5) is 35.7. The first-order valence-electron chi connectivity index (χ1n) is 9.18. The molecule has 0 aliphatic rings. The van der Waals surface area contributed by atoms with Crippen molar-refractivity contribution >= 4 is 17.6 Å². The van der Waals surface area contributed by atoms with Crippen LogP contribution < -0.4 is 4.74 Å². The van der Waals surface area contributed by atoms with E-state index >= 15 is 0 Å². The molecule has 1 amide bonds. The van der Waals surface area contributed by atoms with E-state index in [1.807, 2.05) is 0 Å². The smallest absolute Gasteiger partial charge is 0.416 e. The summed E-state index contributed by atoms with van der Waals surface area (Å²) in [6, 6.07) is 4.61. The number of hydrogen-bond donors (Lipinski definition) is 0. The van der Waals surface area contributed by atoms with Crippen LogP contribution in [-0.2, 0) is 15.7 Å². The standard InChI is InChI=1S/C20H18F4N2O6/c1-3-31-18(27)8-9-25(2)19(28)14-11-13(5-6-16(14)26(29)30)32-17-7-4-12(10-15(17)21)20(22,23)24/h4-7,10-11H,3,8-9H2,1-2H3. The highest BCUT2D eigenvalue weighted by Gasteiger charge is 2.31.